The topological polar surface area (TPSA) is 70.6 Å². The summed E-state index contributed by atoms with van der Waals surface area (Å²) in [5.41, 5.74) is 0. The predicted molar refractivity (Wildman–Crippen MR) is 83.7 cm³/mol. The summed E-state index contributed by atoms with van der Waals surface area (Å²) in [6, 6.07) is 6.65. The number of carbonyl (C=O) groups is 1. The number of rotatable bonds is 8. The van der Waals surface area contributed by atoms with Crippen LogP contribution in [-0.4, -0.2) is 42.4 Å². The Morgan fingerprint density at radius 2 is 1.90 bits per heavy atom. The Kier molecular flexibility index (Phi) is 7.50. The van der Waals surface area contributed by atoms with Crippen molar-refractivity contribution in [2.75, 3.05) is 13.2 Å². The SMILES string of the molecule is CC(C)NC(=O)C(C)NCC(O)COc1ccc(Cl)cc1. The number of hydrogen-bond acceptors (Lipinski definition) is 4. The van der Waals surface area contributed by atoms with E-state index in [1.54, 1.807) is 31.2 Å². The van der Waals surface area contributed by atoms with Gasteiger partial charge in [-0.2, -0.15) is 0 Å². The molecule has 1 rings (SSSR count). The van der Waals surface area contributed by atoms with Gasteiger partial charge in [0, 0.05) is 17.6 Å². The average molecular weight is 315 g/mol. The Hall–Kier alpha value is -1.30. The van der Waals surface area contributed by atoms with Gasteiger partial charge in [0.25, 0.3) is 0 Å². The highest BCUT2D eigenvalue weighted by molar-refractivity contribution is 6.30. The molecule has 6 heteroatoms. The molecule has 5 nitrogen and oxygen atoms in total. The molecule has 2 atom stereocenters. The minimum absolute atomic E-state index is 0.0872. The molecule has 1 aromatic rings. The smallest absolute Gasteiger partial charge is 0.237 e. The second-order valence-corrected chi connectivity index (χ2v) is 5.65. The number of hydrogen-bond donors (Lipinski definition) is 3. The Morgan fingerprint density at radius 3 is 2.48 bits per heavy atom. The standard InChI is InChI=1S/C15H23ClN2O3/c1-10(2)18-15(20)11(3)17-8-13(19)9-21-14-6-4-12(16)5-7-14/h4-7,10-11,13,17,19H,8-9H2,1-3H3,(H,18,20). The number of halogens is 1. The Labute approximate surface area is 130 Å². The molecule has 0 fully saturated rings. The summed E-state index contributed by atoms with van der Waals surface area (Å²) in [6.45, 7) is 5.98. The second-order valence-electron chi connectivity index (χ2n) is 5.21. The van der Waals surface area contributed by atoms with Crippen molar-refractivity contribution in [3.05, 3.63) is 29.3 Å². The molecule has 0 aliphatic rings. The van der Waals surface area contributed by atoms with E-state index >= 15 is 0 Å². The fraction of sp³-hybridized carbons (Fsp3) is 0.533. The first-order valence-corrected chi connectivity index (χ1v) is 7.36. The highest BCUT2D eigenvalue weighted by Gasteiger charge is 2.14. The van der Waals surface area contributed by atoms with Crippen molar-refractivity contribution in [1.29, 1.82) is 0 Å². The molecule has 0 radical (unpaired) electrons. The third-order valence-electron chi connectivity index (χ3n) is 2.74. The van der Waals surface area contributed by atoms with Gasteiger partial charge in [0.1, 0.15) is 18.5 Å². The van der Waals surface area contributed by atoms with Gasteiger partial charge >= 0.3 is 0 Å². The molecule has 118 valence electrons. The van der Waals surface area contributed by atoms with E-state index in [2.05, 4.69) is 10.6 Å². The zero-order chi connectivity index (χ0) is 15.8. The minimum Gasteiger partial charge on any atom is -0.491 e. The van der Waals surface area contributed by atoms with Crippen LogP contribution in [0.2, 0.25) is 5.02 Å². The van der Waals surface area contributed by atoms with Gasteiger partial charge < -0.3 is 20.5 Å². The first-order chi connectivity index (χ1) is 9.88. The van der Waals surface area contributed by atoms with Crippen LogP contribution in [0.5, 0.6) is 5.75 Å². The average Bonchev–Trinajstić information content (AvgIpc) is 2.43. The highest BCUT2D eigenvalue weighted by Crippen LogP contribution is 2.15. The molecular weight excluding hydrogens is 292 g/mol. The lowest BCUT2D eigenvalue weighted by atomic mass is 10.2. The predicted octanol–water partition coefficient (Wildman–Crippen LogP) is 1.58. The van der Waals surface area contributed by atoms with E-state index in [1.165, 1.54) is 0 Å². The monoisotopic (exact) mass is 314 g/mol. The summed E-state index contributed by atoms with van der Waals surface area (Å²) in [4.78, 5) is 11.7. The molecule has 0 aromatic heterocycles. The summed E-state index contributed by atoms with van der Waals surface area (Å²) in [5.74, 6) is 0.555. The fourth-order valence-corrected chi connectivity index (χ4v) is 1.72. The molecule has 21 heavy (non-hydrogen) atoms. The van der Waals surface area contributed by atoms with Crippen LogP contribution in [0.25, 0.3) is 0 Å². The van der Waals surface area contributed by atoms with Gasteiger partial charge in [-0.3, -0.25) is 4.79 Å². The largest absolute Gasteiger partial charge is 0.491 e. The van der Waals surface area contributed by atoms with E-state index in [9.17, 15) is 9.90 Å². The molecule has 0 saturated heterocycles. The zero-order valence-corrected chi connectivity index (χ0v) is 13.4. The molecule has 1 aromatic carbocycles. The van der Waals surface area contributed by atoms with E-state index in [-0.39, 0.29) is 31.1 Å². The Bertz CT molecular complexity index is 437. The number of carbonyl (C=O) groups excluding carboxylic acids is 1. The third-order valence-corrected chi connectivity index (χ3v) is 2.99. The van der Waals surface area contributed by atoms with E-state index in [0.29, 0.717) is 10.8 Å². The van der Waals surface area contributed by atoms with Gasteiger partial charge in [-0.15, -0.1) is 0 Å². The van der Waals surface area contributed by atoms with Crippen molar-refractivity contribution in [2.24, 2.45) is 0 Å². The maximum absolute atomic E-state index is 11.7. The van der Waals surface area contributed by atoms with Crippen LogP contribution >= 0.6 is 11.6 Å². The van der Waals surface area contributed by atoms with Crippen LogP contribution in [0.4, 0.5) is 0 Å². The first kappa shape index (κ1) is 17.8. The summed E-state index contributed by atoms with van der Waals surface area (Å²) < 4.78 is 5.43. The van der Waals surface area contributed by atoms with Crippen molar-refractivity contribution >= 4 is 17.5 Å². The highest BCUT2D eigenvalue weighted by atomic mass is 35.5. The van der Waals surface area contributed by atoms with Crippen LogP contribution < -0.4 is 15.4 Å². The number of aliphatic hydroxyl groups is 1. The molecule has 0 saturated carbocycles. The number of aliphatic hydroxyl groups excluding tert-OH is 1. The summed E-state index contributed by atoms with van der Waals surface area (Å²) in [6.07, 6.45) is -0.699. The number of ether oxygens (including phenoxy) is 1. The zero-order valence-electron chi connectivity index (χ0n) is 12.6. The molecule has 0 bridgehead atoms. The molecule has 0 heterocycles. The molecular formula is C15H23ClN2O3. The van der Waals surface area contributed by atoms with Crippen LogP contribution in [-0.2, 0) is 4.79 Å². The lowest BCUT2D eigenvalue weighted by Gasteiger charge is -2.18. The number of benzene rings is 1. The lowest BCUT2D eigenvalue weighted by molar-refractivity contribution is -0.123. The van der Waals surface area contributed by atoms with Crippen LogP contribution in [0.1, 0.15) is 20.8 Å². The van der Waals surface area contributed by atoms with E-state index in [4.69, 9.17) is 16.3 Å². The van der Waals surface area contributed by atoms with Crippen molar-refractivity contribution < 1.29 is 14.6 Å². The molecule has 3 N–H and O–H groups in total. The lowest BCUT2D eigenvalue weighted by Crippen LogP contribution is -2.47. The van der Waals surface area contributed by atoms with E-state index in [1.807, 2.05) is 13.8 Å². The van der Waals surface area contributed by atoms with Gasteiger partial charge in [0.2, 0.25) is 5.91 Å². The first-order valence-electron chi connectivity index (χ1n) is 6.98. The molecule has 0 aliphatic heterocycles. The maximum Gasteiger partial charge on any atom is 0.237 e. The summed E-state index contributed by atoms with van der Waals surface area (Å²) in [7, 11) is 0. The summed E-state index contributed by atoms with van der Waals surface area (Å²) in [5, 5.41) is 16.2. The molecule has 2 unspecified atom stereocenters. The van der Waals surface area contributed by atoms with E-state index in [0.717, 1.165) is 0 Å². The normalized spacial score (nSPS) is 13.8. The van der Waals surface area contributed by atoms with Crippen molar-refractivity contribution in [3.63, 3.8) is 0 Å². The van der Waals surface area contributed by atoms with Gasteiger partial charge in [-0.05, 0) is 45.0 Å². The fourth-order valence-electron chi connectivity index (χ4n) is 1.60. The van der Waals surface area contributed by atoms with Crippen LogP contribution in [0.15, 0.2) is 24.3 Å². The van der Waals surface area contributed by atoms with Crippen molar-refractivity contribution in [1.82, 2.24) is 10.6 Å². The third kappa shape index (κ3) is 7.32. The van der Waals surface area contributed by atoms with Gasteiger partial charge in [-0.25, -0.2) is 0 Å². The van der Waals surface area contributed by atoms with Gasteiger partial charge in [0.05, 0.1) is 6.04 Å². The van der Waals surface area contributed by atoms with Crippen molar-refractivity contribution in [2.45, 2.75) is 39.0 Å². The van der Waals surface area contributed by atoms with Crippen molar-refractivity contribution in [3.8, 4) is 5.75 Å². The van der Waals surface area contributed by atoms with Gasteiger partial charge in [-0.1, -0.05) is 11.6 Å². The Balaban J connectivity index is 2.26. The minimum atomic E-state index is -0.699. The van der Waals surface area contributed by atoms with Crippen LogP contribution in [0.3, 0.4) is 0 Å². The molecule has 1 amide bonds. The maximum atomic E-state index is 11.7. The second kappa shape index (κ2) is 8.87. The summed E-state index contributed by atoms with van der Waals surface area (Å²) >= 11 is 5.77. The molecule has 0 aliphatic carbocycles. The number of nitrogens with one attached hydrogen (secondary N) is 2. The Morgan fingerprint density at radius 1 is 1.29 bits per heavy atom. The van der Waals surface area contributed by atoms with E-state index < -0.39 is 6.10 Å². The quantitative estimate of drug-likeness (QED) is 0.681. The van der Waals surface area contributed by atoms with Crippen LogP contribution in [0, 0.1) is 0 Å². The van der Waals surface area contributed by atoms with Gasteiger partial charge in [0.15, 0.2) is 0 Å². The number of amides is 1. The molecule has 0 spiro atoms.